The van der Waals surface area contributed by atoms with Crippen molar-refractivity contribution < 1.29 is 19.1 Å². The summed E-state index contributed by atoms with van der Waals surface area (Å²) in [7, 11) is 0. The number of para-hydroxylation sites is 3. The normalized spacial score (nSPS) is 15.4. The van der Waals surface area contributed by atoms with Crippen LogP contribution in [0.15, 0.2) is 58.7 Å². The van der Waals surface area contributed by atoms with Gasteiger partial charge in [0.1, 0.15) is 12.8 Å². The third-order valence-corrected chi connectivity index (χ3v) is 4.75. The van der Waals surface area contributed by atoms with E-state index in [4.69, 9.17) is 15.2 Å². The Morgan fingerprint density at radius 1 is 0.765 bits per heavy atom. The van der Waals surface area contributed by atoms with Gasteiger partial charge in [0.05, 0.1) is 29.3 Å². The zero-order valence-corrected chi connectivity index (χ0v) is 20.2. The number of benzene rings is 2. The molecule has 0 unspecified atom stereocenters. The van der Waals surface area contributed by atoms with Crippen LogP contribution in [-0.2, 0) is 19.1 Å². The number of nitrogens with zero attached hydrogens (tertiary/aromatic N) is 4. The number of amides is 2. The number of carbonyl (C=O) groups is 2. The standard InChI is InChI=1S/C13H16N2O2.C12H15N3O2/c1-9(2)17-12-8-13(16)15(14-12)11-7-5-4-6-10(11)3;1-8(2)17-11-7-12(16)15(14-11)10-6-4-3-5-9(10)13/h4-7,9H,8H2,1-3H3;3-6,8H,7,13H2,1-2H3. The largest absolute Gasteiger partial charge is 0.477 e. The van der Waals surface area contributed by atoms with Crippen molar-refractivity contribution in [2.75, 3.05) is 15.8 Å². The van der Waals surface area contributed by atoms with Crippen LogP contribution in [0.25, 0.3) is 0 Å². The molecule has 9 heteroatoms. The van der Waals surface area contributed by atoms with E-state index in [0.717, 1.165) is 11.3 Å². The van der Waals surface area contributed by atoms with Gasteiger partial charge in [-0.3, -0.25) is 9.59 Å². The van der Waals surface area contributed by atoms with Crippen LogP contribution < -0.4 is 15.8 Å². The highest BCUT2D eigenvalue weighted by atomic mass is 16.5. The minimum Gasteiger partial charge on any atom is -0.477 e. The molecule has 0 atom stereocenters. The van der Waals surface area contributed by atoms with Gasteiger partial charge in [-0.05, 0) is 58.4 Å². The fourth-order valence-corrected chi connectivity index (χ4v) is 3.35. The van der Waals surface area contributed by atoms with Crippen molar-refractivity contribution in [2.45, 2.75) is 59.7 Å². The summed E-state index contributed by atoms with van der Waals surface area (Å²) in [4.78, 5) is 23.6. The summed E-state index contributed by atoms with van der Waals surface area (Å²) in [6.07, 6.45) is 0.479. The number of hydrazone groups is 2. The summed E-state index contributed by atoms with van der Waals surface area (Å²) in [6.45, 7) is 9.59. The average Bonchev–Trinajstić information content (AvgIpc) is 3.29. The van der Waals surface area contributed by atoms with E-state index >= 15 is 0 Å². The summed E-state index contributed by atoms with van der Waals surface area (Å²) in [5.74, 6) is 0.759. The van der Waals surface area contributed by atoms with Gasteiger partial charge in [-0.15, -0.1) is 10.2 Å². The quantitative estimate of drug-likeness (QED) is 0.680. The number of carbonyl (C=O) groups excluding carboxylic acids is 2. The van der Waals surface area contributed by atoms with Gasteiger partial charge in [0, 0.05) is 0 Å². The number of nitrogens with two attached hydrogens (primary N) is 1. The van der Waals surface area contributed by atoms with Gasteiger partial charge in [0.2, 0.25) is 11.8 Å². The third-order valence-electron chi connectivity index (χ3n) is 4.75. The summed E-state index contributed by atoms with van der Waals surface area (Å²) >= 11 is 0. The number of aryl methyl sites for hydroxylation is 1. The lowest BCUT2D eigenvalue weighted by molar-refractivity contribution is -0.117. The van der Waals surface area contributed by atoms with Crippen LogP contribution in [0, 0.1) is 6.92 Å². The Morgan fingerprint density at radius 3 is 1.68 bits per heavy atom. The zero-order valence-electron chi connectivity index (χ0n) is 20.2. The Balaban J connectivity index is 0.000000191. The Hall–Kier alpha value is -3.88. The molecule has 0 fully saturated rings. The van der Waals surface area contributed by atoms with Gasteiger partial charge in [0.15, 0.2) is 0 Å². The van der Waals surface area contributed by atoms with E-state index in [1.54, 1.807) is 12.1 Å². The number of anilines is 3. The molecule has 2 aromatic rings. The molecule has 0 saturated heterocycles. The van der Waals surface area contributed by atoms with Crippen LogP contribution in [0.1, 0.15) is 46.1 Å². The molecule has 0 spiro atoms. The SMILES string of the molecule is CC(C)OC1=NN(c2ccccc2N)C(=O)C1.Cc1ccccc1N1N=C(OC(C)C)CC1=O. The molecule has 0 aromatic heterocycles. The molecule has 4 rings (SSSR count). The maximum atomic E-state index is 11.9. The van der Waals surface area contributed by atoms with Gasteiger partial charge in [0.25, 0.3) is 11.8 Å². The Labute approximate surface area is 199 Å². The predicted molar refractivity (Wildman–Crippen MR) is 134 cm³/mol. The second-order valence-corrected chi connectivity index (χ2v) is 8.43. The van der Waals surface area contributed by atoms with Crippen molar-refractivity contribution >= 4 is 40.7 Å². The molecule has 2 aliphatic heterocycles. The van der Waals surface area contributed by atoms with Crippen molar-refractivity contribution in [1.29, 1.82) is 0 Å². The van der Waals surface area contributed by atoms with Gasteiger partial charge >= 0.3 is 0 Å². The molecule has 2 aliphatic rings. The van der Waals surface area contributed by atoms with Gasteiger partial charge < -0.3 is 15.2 Å². The highest BCUT2D eigenvalue weighted by Gasteiger charge is 2.28. The molecule has 2 aromatic carbocycles. The van der Waals surface area contributed by atoms with E-state index in [1.807, 2.05) is 71.0 Å². The minimum atomic E-state index is -0.126. The first-order chi connectivity index (χ1) is 16.2. The molecule has 0 radical (unpaired) electrons. The van der Waals surface area contributed by atoms with Gasteiger partial charge in [-0.2, -0.15) is 10.0 Å². The summed E-state index contributed by atoms with van der Waals surface area (Å²) < 4.78 is 10.9. The Bertz CT molecular complexity index is 1020. The molecular weight excluding hydrogens is 434 g/mol. The van der Waals surface area contributed by atoms with Crippen LogP contribution in [0.3, 0.4) is 0 Å². The van der Waals surface area contributed by atoms with Gasteiger partial charge in [-0.25, -0.2) is 0 Å². The molecule has 34 heavy (non-hydrogen) atoms. The monoisotopic (exact) mass is 465 g/mol. The smallest absolute Gasteiger partial charge is 0.256 e. The molecule has 9 nitrogen and oxygen atoms in total. The molecule has 2 amide bonds. The summed E-state index contributed by atoms with van der Waals surface area (Å²) in [6, 6.07) is 14.8. The number of nitrogen functional groups attached to an aromatic ring is 1. The van der Waals surface area contributed by atoms with Crippen molar-refractivity contribution in [3.05, 3.63) is 54.1 Å². The van der Waals surface area contributed by atoms with E-state index in [1.165, 1.54) is 10.0 Å². The number of ether oxygens (including phenoxy) is 2. The number of hydrogen-bond acceptors (Lipinski definition) is 7. The first-order valence-corrected chi connectivity index (χ1v) is 11.2. The molecule has 2 heterocycles. The van der Waals surface area contributed by atoms with Crippen molar-refractivity contribution in [3.63, 3.8) is 0 Å². The van der Waals surface area contributed by atoms with Crippen LogP contribution in [0.5, 0.6) is 0 Å². The molecule has 0 saturated carbocycles. The third kappa shape index (κ3) is 6.12. The highest BCUT2D eigenvalue weighted by Crippen LogP contribution is 2.27. The maximum Gasteiger partial charge on any atom is 0.256 e. The van der Waals surface area contributed by atoms with Crippen molar-refractivity contribution in [1.82, 2.24) is 0 Å². The number of hydrogen-bond donors (Lipinski definition) is 1. The predicted octanol–water partition coefficient (Wildman–Crippen LogP) is 4.21. The first-order valence-electron chi connectivity index (χ1n) is 11.2. The lowest BCUT2D eigenvalue weighted by Crippen LogP contribution is -2.20. The molecule has 2 N–H and O–H groups in total. The van der Waals surface area contributed by atoms with Crippen LogP contribution in [-0.4, -0.2) is 35.8 Å². The fraction of sp³-hybridized carbons (Fsp3) is 0.360. The maximum absolute atomic E-state index is 11.9. The van der Waals surface area contributed by atoms with E-state index in [0.29, 0.717) is 23.2 Å². The van der Waals surface area contributed by atoms with Crippen LogP contribution in [0.2, 0.25) is 0 Å². The topological polar surface area (TPSA) is 110 Å². The highest BCUT2D eigenvalue weighted by molar-refractivity contribution is 6.11. The minimum absolute atomic E-state index is 0.00891. The van der Waals surface area contributed by atoms with Crippen molar-refractivity contribution in [2.24, 2.45) is 10.2 Å². The van der Waals surface area contributed by atoms with E-state index in [9.17, 15) is 9.59 Å². The fourth-order valence-electron chi connectivity index (χ4n) is 3.35. The molecule has 0 bridgehead atoms. The Morgan fingerprint density at radius 2 is 1.21 bits per heavy atom. The lowest BCUT2D eigenvalue weighted by Gasteiger charge is -2.13. The first kappa shape index (κ1) is 24.8. The second-order valence-electron chi connectivity index (χ2n) is 8.43. The molecule has 0 aliphatic carbocycles. The van der Waals surface area contributed by atoms with Gasteiger partial charge in [-0.1, -0.05) is 30.3 Å². The lowest BCUT2D eigenvalue weighted by atomic mass is 10.2. The van der Waals surface area contributed by atoms with E-state index in [-0.39, 0.29) is 36.9 Å². The van der Waals surface area contributed by atoms with Crippen molar-refractivity contribution in [3.8, 4) is 0 Å². The molecular formula is C25H31N5O4. The van der Waals surface area contributed by atoms with E-state index < -0.39 is 0 Å². The summed E-state index contributed by atoms with van der Waals surface area (Å²) in [5, 5.41) is 11.1. The second kappa shape index (κ2) is 10.8. The average molecular weight is 466 g/mol. The number of rotatable bonds is 4. The Kier molecular flexibility index (Phi) is 7.88. The summed E-state index contributed by atoms with van der Waals surface area (Å²) in [5.41, 5.74) is 8.77. The van der Waals surface area contributed by atoms with E-state index in [2.05, 4.69) is 10.2 Å². The van der Waals surface area contributed by atoms with Crippen LogP contribution >= 0.6 is 0 Å². The molecule has 180 valence electrons. The zero-order chi connectivity index (χ0) is 24.8. The van der Waals surface area contributed by atoms with Crippen LogP contribution in [0.4, 0.5) is 17.1 Å².